The molecule has 0 spiro atoms. The predicted molar refractivity (Wildman–Crippen MR) is 102 cm³/mol. The minimum atomic E-state index is -0.533. The van der Waals surface area contributed by atoms with Gasteiger partial charge in [-0.2, -0.15) is 4.98 Å². The van der Waals surface area contributed by atoms with Crippen LogP contribution in [0, 0.1) is 19.8 Å². The first kappa shape index (κ1) is 18.3. The Morgan fingerprint density at radius 2 is 2.18 bits per heavy atom. The van der Waals surface area contributed by atoms with Gasteiger partial charge in [-0.3, -0.25) is 9.78 Å². The van der Waals surface area contributed by atoms with E-state index in [-0.39, 0.29) is 24.3 Å². The number of carbonyl (C=O) groups excluding carboxylic acids is 2. The fourth-order valence-corrected chi connectivity index (χ4v) is 3.70. The number of pyridine rings is 1. The summed E-state index contributed by atoms with van der Waals surface area (Å²) in [6, 6.07) is 3.57. The fourth-order valence-electron chi connectivity index (χ4n) is 2.65. The minimum Gasteiger partial charge on any atom is -0.452 e. The Morgan fingerprint density at radius 3 is 2.89 bits per heavy atom. The maximum atomic E-state index is 12.7. The molecule has 3 heterocycles. The molecule has 0 saturated heterocycles. The SMILES string of the molecule is Cc1sc(NC(=O)C2CC2)c(C(=O)OCc2nc(-c3cccnc3)no2)c1C. The molecule has 28 heavy (non-hydrogen) atoms. The van der Waals surface area contributed by atoms with Gasteiger partial charge in [-0.05, 0) is 44.4 Å². The van der Waals surface area contributed by atoms with Crippen molar-refractivity contribution in [2.45, 2.75) is 33.3 Å². The molecule has 3 aromatic heterocycles. The second-order valence-electron chi connectivity index (χ2n) is 6.58. The summed E-state index contributed by atoms with van der Waals surface area (Å²) in [5.74, 6) is 0.0257. The highest BCUT2D eigenvalue weighted by Gasteiger charge is 2.31. The van der Waals surface area contributed by atoms with Crippen LogP contribution in [0.25, 0.3) is 11.4 Å². The Bertz CT molecular complexity index is 1020. The first-order chi connectivity index (χ1) is 13.5. The van der Waals surface area contributed by atoms with Gasteiger partial charge in [0, 0.05) is 28.8 Å². The molecule has 0 aromatic carbocycles. The van der Waals surface area contributed by atoms with Gasteiger partial charge in [0.05, 0.1) is 5.56 Å². The first-order valence-corrected chi connectivity index (χ1v) is 9.65. The van der Waals surface area contributed by atoms with E-state index in [1.54, 1.807) is 24.5 Å². The van der Waals surface area contributed by atoms with E-state index >= 15 is 0 Å². The average Bonchev–Trinajstić information content (AvgIpc) is 3.38. The highest BCUT2D eigenvalue weighted by molar-refractivity contribution is 7.16. The third-order valence-electron chi connectivity index (χ3n) is 4.49. The van der Waals surface area contributed by atoms with Crippen molar-refractivity contribution >= 4 is 28.2 Å². The van der Waals surface area contributed by atoms with Crippen LogP contribution in [0.1, 0.15) is 39.5 Å². The number of aromatic nitrogens is 3. The summed E-state index contributed by atoms with van der Waals surface area (Å²) < 4.78 is 10.5. The van der Waals surface area contributed by atoms with E-state index in [0.29, 0.717) is 22.0 Å². The summed E-state index contributed by atoms with van der Waals surface area (Å²) in [6.45, 7) is 3.58. The Labute approximate surface area is 164 Å². The number of amides is 1. The number of hydrogen-bond acceptors (Lipinski definition) is 8. The third kappa shape index (κ3) is 3.79. The lowest BCUT2D eigenvalue weighted by atomic mass is 10.1. The van der Waals surface area contributed by atoms with Crippen molar-refractivity contribution in [1.82, 2.24) is 15.1 Å². The van der Waals surface area contributed by atoms with E-state index in [1.165, 1.54) is 11.3 Å². The maximum absolute atomic E-state index is 12.7. The fraction of sp³-hybridized carbons (Fsp3) is 0.316. The summed E-state index contributed by atoms with van der Waals surface area (Å²) in [5, 5.41) is 7.26. The second-order valence-corrected chi connectivity index (χ2v) is 7.81. The molecule has 1 saturated carbocycles. The first-order valence-electron chi connectivity index (χ1n) is 8.84. The van der Waals surface area contributed by atoms with Crippen LogP contribution in [0.2, 0.25) is 0 Å². The van der Waals surface area contributed by atoms with E-state index in [1.807, 2.05) is 13.8 Å². The molecule has 0 unspecified atom stereocenters. The zero-order valence-electron chi connectivity index (χ0n) is 15.4. The molecule has 0 aliphatic heterocycles. The van der Waals surface area contributed by atoms with E-state index < -0.39 is 5.97 Å². The van der Waals surface area contributed by atoms with Crippen molar-refractivity contribution in [2.75, 3.05) is 5.32 Å². The van der Waals surface area contributed by atoms with Gasteiger partial charge in [-0.15, -0.1) is 11.3 Å². The molecule has 1 fully saturated rings. The zero-order valence-corrected chi connectivity index (χ0v) is 16.2. The standard InChI is InChI=1S/C19H18N4O4S/c1-10-11(2)28-18(22-17(24)12-5-6-12)15(10)19(25)26-9-14-21-16(23-27-14)13-4-3-7-20-8-13/h3-4,7-8,12H,5-6,9H2,1-2H3,(H,22,24). The molecule has 0 atom stereocenters. The molecule has 0 bridgehead atoms. The van der Waals surface area contributed by atoms with E-state index in [4.69, 9.17) is 9.26 Å². The molecular weight excluding hydrogens is 380 g/mol. The van der Waals surface area contributed by atoms with E-state index in [9.17, 15) is 9.59 Å². The molecule has 4 rings (SSSR count). The number of hydrogen-bond donors (Lipinski definition) is 1. The van der Waals surface area contributed by atoms with Crippen LogP contribution in [0.15, 0.2) is 29.0 Å². The van der Waals surface area contributed by atoms with Gasteiger partial charge in [0.25, 0.3) is 5.89 Å². The lowest BCUT2D eigenvalue weighted by Crippen LogP contribution is -2.16. The number of ether oxygens (including phenoxy) is 1. The molecule has 8 nitrogen and oxygen atoms in total. The summed E-state index contributed by atoms with van der Waals surface area (Å²) in [5.41, 5.74) is 1.88. The van der Waals surface area contributed by atoms with Crippen molar-refractivity contribution in [3.05, 3.63) is 46.4 Å². The van der Waals surface area contributed by atoms with Crippen LogP contribution in [-0.4, -0.2) is 27.0 Å². The predicted octanol–water partition coefficient (Wildman–Crippen LogP) is 3.52. The molecular formula is C19H18N4O4S. The highest BCUT2D eigenvalue weighted by Crippen LogP contribution is 2.36. The number of thiophene rings is 1. The molecule has 1 amide bonds. The largest absolute Gasteiger partial charge is 0.452 e. The number of nitrogens with zero attached hydrogens (tertiary/aromatic N) is 3. The lowest BCUT2D eigenvalue weighted by molar-refractivity contribution is -0.117. The smallest absolute Gasteiger partial charge is 0.341 e. The monoisotopic (exact) mass is 398 g/mol. The number of anilines is 1. The molecule has 1 aliphatic rings. The Hall–Kier alpha value is -3.07. The Morgan fingerprint density at radius 1 is 1.36 bits per heavy atom. The van der Waals surface area contributed by atoms with Crippen molar-refractivity contribution in [2.24, 2.45) is 5.92 Å². The van der Waals surface area contributed by atoms with Crippen LogP contribution in [-0.2, 0) is 16.1 Å². The molecule has 144 valence electrons. The van der Waals surface area contributed by atoms with Gasteiger partial charge in [0.1, 0.15) is 5.00 Å². The summed E-state index contributed by atoms with van der Waals surface area (Å²) >= 11 is 1.37. The summed E-state index contributed by atoms with van der Waals surface area (Å²) in [6.07, 6.45) is 5.06. The third-order valence-corrected chi connectivity index (χ3v) is 5.61. The van der Waals surface area contributed by atoms with Crippen LogP contribution in [0.4, 0.5) is 5.00 Å². The second kappa shape index (κ2) is 7.51. The Balaban J connectivity index is 1.45. The van der Waals surface area contributed by atoms with Crippen LogP contribution in [0.5, 0.6) is 0 Å². The van der Waals surface area contributed by atoms with Gasteiger partial charge >= 0.3 is 5.97 Å². The van der Waals surface area contributed by atoms with Crippen LogP contribution >= 0.6 is 11.3 Å². The number of carbonyl (C=O) groups is 2. The molecule has 3 aromatic rings. The van der Waals surface area contributed by atoms with E-state index in [0.717, 1.165) is 23.3 Å². The van der Waals surface area contributed by atoms with Gasteiger partial charge in [0.2, 0.25) is 11.7 Å². The molecule has 1 N–H and O–H groups in total. The summed E-state index contributed by atoms with van der Waals surface area (Å²) in [4.78, 5) is 33.9. The van der Waals surface area contributed by atoms with Gasteiger partial charge in [-0.1, -0.05) is 5.16 Å². The Kier molecular flexibility index (Phi) is 4.91. The maximum Gasteiger partial charge on any atom is 0.341 e. The van der Waals surface area contributed by atoms with Crippen LogP contribution in [0.3, 0.4) is 0 Å². The number of nitrogens with one attached hydrogen (secondary N) is 1. The van der Waals surface area contributed by atoms with E-state index in [2.05, 4.69) is 20.4 Å². The summed E-state index contributed by atoms with van der Waals surface area (Å²) in [7, 11) is 0. The number of esters is 1. The normalized spacial score (nSPS) is 13.4. The average molecular weight is 398 g/mol. The van der Waals surface area contributed by atoms with Crippen molar-refractivity contribution in [1.29, 1.82) is 0 Å². The van der Waals surface area contributed by atoms with Gasteiger partial charge in [-0.25, -0.2) is 4.79 Å². The lowest BCUT2D eigenvalue weighted by Gasteiger charge is -2.06. The minimum absolute atomic E-state index is 0.0479. The van der Waals surface area contributed by atoms with Crippen molar-refractivity contribution in [3.8, 4) is 11.4 Å². The number of rotatable bonds is 6. The van der Waals surface area contributed by atoms with Crippen molar-refractivity contribution < 1.29 is 18.8 Å². The molecule has 1 aliphatic carbocycles. The highest BCUT2D eigenvalue weighted by atomic mass is 32.1. The molecule has 9 heteroatoms. The van der Waals surface area contributed by atoms with Gasteiger partial charge in [0.15, 0.2) is 6.61 Å². The van der Waals surface area contributed by atoms with Crippen molar-refractivity contribution in [3.63, 3.8) is 0 Å². The number of aryl methyl sites for hydroxylation is 1. The molecule has 0 radical (unpaired) electrons. The van der Waals surface area contributed by atoms with Gasteiger partial charge < -0.3 is 14.6 Å². The topological polar surface area (TPSA) is 107 Å². The zero-order chi connectivity index (χ0) is 19.7. The van der Waals surface area contributed by atoms with Crippen LogP contribution < -0.4 is 5.32 Å². The quantitative estimate of drug-likeness (QED) is 0.633.